The summed E-state index contributed by atoms with van der Waals surface area (Å²) in [4.78, 5) is 20.7. The Morgan fingerprint density at radius 3 is 2.87 bits per heavy atom. The van der Waals surface area contributed by atoms with Crippen molar-refractivity contribution in [2.24, 2.45) is 4.99 Å². The van der Waals surface area contributed by atoms with Gasteiger partial charge in [0.25, 0.3) is 0 Å². The van der Waals surface area contributed by atoms with Crippen LogP contribution in [0, 0.1) is 11.4 Å². The maximum atomic E-state index is 15.0. The van der Waals surface area contributed by atoms with Crippen molar-refractivity contribution in [1.29, 1.82) is 5.41 Å². The van der Waals surface area contributed by atoms with E-state index in [0.29, 0.717) is 30.2 Å². The van der Waals surface area contributed by atoms with Crippen molar-refractivity contribution < 1.29 is 9.13 Å². The van der Waals surface area contributed by atoms with E-state index < -0.39 is 5.95 Å². The van der Waals surface area contributed by atoms with E-state index in [9.17, 15) is 4.39 Å². The Balaban J connectivity index is 1.30. The third-order valence-corrected chi connectivity index (χ3v) is 6.78. The fraction of sp³-hybridized carbons (Fsp3) is 0.321. The number of nitrogens with one attached hydrogen (secondary N) is 4. The number of ether oxygens (including phenoxy) is 1. The van der Waals surface area contributed by atoms with Crippen molar-refractivity contribution in [3.05, 3.63) is 77.1 Å². The van der Waals surface area contributed by atoms with Gasteiger partial charge in [0.2, 0.25) is 11.8 Å². The molecule has 1 saturated heterocycles. The van der Waals surface area contributed by atoms with Crippen molar-refractivity contribution >= 4 is 29.3 Å². The van der Waals surface area contributed by atoms with Gasteiger partial charge in [-0.2, -0.15) is 4.39 Å². The molecule has 0 spiro atoms. The number of anilines is 1. The summed E-state index contributed by atoms with van der Waals surface area (Å²) < 4.78 is 20.3. The summed E-state index contributed by atoms with van der Waals surface area (Å²) in [5, 5.41) is 15.3. The molecular weight excluding hydrogens is 483 g/mol. The second-order valence-corrected chi connectivity index (χ2v) is 9.30. The largest absolute Gasteiger partial charge is 0.481 e. The number of aromatic nitrogens is 4. The number of pyridine rings is 3. The van der Waals surface area contributed by atoms with Gasteiger partial charge >= 0.3 is 0 Å². The van der Waals surface area contributed by atoms with Gasteiger partial charge in [0.05, 0.1) is 19.1 Å². The zero-order chi connectivity index (χ0) is 26.3. The molecule has 38 heavy (non-hydrogen) atoms. The molecule has 1 fully saturated rings. The summed E-state index contributed by atoms with van der Waals surface area (Å²) in [6, 6.07) is 9.53. The Kier molecular flexibility index (Phi) is 7.98. The molecule has 196 valence electrons. The molecule has 4 aromatic heterocycles. The molecule has 1 unspecified atom stereocenters. The van der Waals surface area contributed by atoms with Crippen LogP contribution in [0.3, 0.4) is 0 Å². The van der Waals surface area contributed by atoms with Gasteiger partial charge in [-0.1, -0.05) is 12.1 Å². The van der Waals surface area contributed by atoms with Crippen LogP contribution in [0.5, 0.6) is 5.88 Å². The molecule has 0 aliphatic carbocycles. The van der Waals surface area contributed by atoms with Gasteiger partial charge in [-0.3, -0.25) is 4.99 Å². The number of aliphatic imine (C=N–C) groups is 1. The number of aromatic amines is 1. The minimum atomic E-state index is -0.530. The molecule has 4 N–H and O–H groups in total. The second kappa shape index (κ2) is 11.9. The number of nitrogens with zero attached hydrogens (tertiary/aromatic N) is 4. The van der Waals surface area contributed by atoms with E-state index in [1.54, 1.807) is 31.6 Å². The van der Waals surface area contributed by atoms with Crippen molar-refractivity contribution in [3.8, 4) is 5.88 Å². The van der Waals surface area contributed by atoms with E-state index in [-0.39, 0.29) is 12.0 Å². The average molecular weight is 515 g/mol. The molecule has 5 rings (SSSR count). The Morgan fingerprint density at radius 2 is 2.08 bits per heavy atom. The second-order valence-electron chi connectivity index (χ2n) is 9.30. The quantitative estimate of drug-likeness (QED) is 0.185. The molecule has 0 saturated carbocycles. The first-order valence-corrected chi connectivity index (χ1v) is 12.7. The monoisotopic (exact) mass is 514 g/mol. The first-order valence-electron chi connectivity index (χ1n) is 12.7. The summed E-state index contributed by atoms with van der Waals surface area (Å²) in [6.45, 7) is 2.35. The topological polar surface area (TPSA) is 124 Å². The van der Waals surface area contributed by atoms with Gasteiger partial charge in [-0.25, -0.2) is 15.0 Å². The van der Waals surface area contributed by atoms with Crippen LogP contribution < -0.4 is 15.4 Å². The van der Waals surface area contributed by atoms with E-state index in [1.165, 1.54) is 6.21 Å². The molecule has 9 nitrogen and oxygen atoms in total. The number of piperidine rings is 1. The number of rotatable bonds is 10. The fourth-order valence-electron chi connectivity index (χ4n) is 4.62. The van der Waals surface area contributed by atoms with Crippen molar-refractivity contribution in [2.75, 3.05) is 25.5 Å². The summed E-state index contributed by atoms with van der Waals surface area (Å²) in [5.41, 5.74) is 3.86. The minimum absolute atomic E-state index is 0.258. The van der Waals surface area contributed by atoms with Crippen LogP contribution in [0.4, 0.5) is 10.2 Å². The Labute approximate surface area is 220 Å². The molecule has 4 aromatic rings. The SMILES string of the molecule is COc1ncccc1CNc1ccc(Cc2c[nH]c3ncc(C(C=N)C=NC4CCNCC4)cc23)c(F)n1. The van der Waals surface area contributed by atoms with Gasteiger partial charge in [0.1, 0.15) is 11.5 Å². The highest BCUT2D eigenvalue weighted by Gasteiger charge is 2.15. The predicted octanol–water partition coefficient (Wildman–Crippen LogP) is 4.26. The molecule has 10 heteroatoms. The van der Waals surface area contributed by atoms with E-state index in [1.807, 2.05) is 30.6 Å². The van der Waals surface area contributed by atoms with Crippen LogP contribution in [0.1, 0.15) is 41.0 Å². The van der Waals surface area contributed by atoms with Crippen LogP contribution in [0.25, 0.3) is 11.0 Å². The normalized spacial score (nSPS) is 15.1. The predicted molar refractivity (Wildman–Crippen MR) is 147 cm³/mol. The van der Waals surface area contributed by atoms with Crippen LogP contribution >= 0.6 is 0 Å². The third kappa shape index (κ3) is 5.86. The lowest BCUT2D eigenvalue weighted by Gasteiger charge is -2.19. The molecule has 1 aliphatic heterocycles. The molecular formula is C28H31FN8O. The number of H-pyrrole nitrogens is 1. The number of fused-ring (bicyclic) bond motifs is 1. The molecule has 0 aromatic carbocycles. The van der Waals surface area contributed by atoms with E-state index in [4.69, 9.17) is 15.1 Å². The van der Waals surface area contributed by atoms with Gasteiger partial charge in [-0.05, 0) is 55.3 Å². The molecule has 0 amide bonds. The molecule has 1 aliphatic rings. The molecule has 0 radical (unpaired) electrons. The summed E-state index contributed by atoms with van der Waals surface area (Å²) in [7, 11) is 1.57. The summed E-state index contributed by atoms with van der Waals surface area (Å²) in [5.74, 6) is 0.166. The number of hydrogen-bond donors (Lipinski definition) is 4. The van der Waals surface area contributed by atoms with Crippen molar-refractivity contribution in [2.45, 2.75) is 37.8 Å². The highest BCUT2D eigenvalue weighted by molar-refractivity contribution is 5.91. The number of hydrogen-bond acceptors (Lipinski definition) is 8. The van der Waals surface area contributed by atoms with Crippen LogP contribution in [0.2, 0.25) is 0 Å². The van der Waals surface area contributed by atoms with E-state index >= 15 is 0 Å². The fourth-order valence-corrected chi connectivity index (χ4v) is 4.62. The standard InChI is InChI=1S/C28H31FN8O/c1-38-28-19(3-2-8-32-28)14-34-25-5-4-18(26(29)37-25)11-21-16-36-27-24(21)12-20(15-35-27)22(13-30)17-33-23-6-9-31-10-7-23/h2-5,8,12-13,15-17,22-23,30-31H,6-7,9-11,14H2,1H3,(H,34,37)(H,35,36). The van der Waals surface area contributed by atoms with Crippen molar-refractivity contribution in [3.63, 3.8) is 0 Å². The van der Waals surface area contributed by atoms with Crippen LogP contribution in [-0.4, -0.2) is 58.6 Å². The van der Waals surface area contributed by atoms with Gasteiger partial charge < -0.3 is 25.8 Å². The highest BCUT2D eigenvalue weighted by atomic mass is 19.1. The molecule has 0 bridgehead atoms. The minimum Gasteiger partial charge on any atom is -0.481 e. The van der Waals surface area contributed by atoms with Gasteiger partial charge in [0, 0.05) is 60.5 Å². The lowest BCUT2D eigenvalue weighted by atomic mass is 9.99. The Bertz CT molecular complexity index is 1430. The molecule has 5 heterocycles. The summed E-state index contributed by atoms with van der Waals surface area (Å²) >= 11 is 0. The van der Waals surface area contributed by atoms with Crippen LogP contribution in [-0.2, 0) is 13.0 Å². The van der Waals surface area contributed by atoms with Crippen LogP contribution in [0.15, 0.2) is 53.9 Å². The smallest absolute Gasteiger partial charge is 0.218 e. The van der Waals surface area contributed by atoms with Crippen molar-refractivity contribution in [1.82, 2.24) is 25.3 Å². The molecule has 1 atom stereocenters. The average Bonchev–Trinajstić information content (AvgIpc) is 3.36. The zero-order valence-corrected chi connectivity index (χ0v) is 21.2. The maximum Gasteiger partial charge on any atom is 0.218 e. The third-order valence-electron chi connectivity index (χ3n) is 6.78. The lowest BCUT2D eigenvalue weighted by molar-refractivity contribution is 0.393. The van der Waals surface area contributed by atoms with Gasteiger partial charge in [-0.15, -0.1) is 0 Å². The van der Waals surface area contributed by atoms with E-state index in [2.05, 4.69) is 30.6 Å². The van der Waals surface area contributed by atoms with Gasteiger partial charge in [0.15, 0.2) is 0 Å². The lowest BCUT2D eigenvalue weighted by Crippen LogP contribution is -2.30. The summed E-state index contributed by atoms with van der Waals surface area (Å²) in [6.07, 6.45) is 10.9. The number of halogens is 1. The Hall–Kier alpha value is -4.18. The van der Waals surface area contributed by atoms with E-state index in [0.717, 1.165) is 53.7 Å². The Morgan fingerprint density at radius 1 is 1.21 bits per heavy atom. The first-order chi connectivity index (χ1) is 18.6. The first kappa shape index (κ1) is 25.5. The number of methoxy groups -OCH3 is 1. The zero-order valence-electron chi connectivity index (χ0n) is 21.2. The highest BCUT2D eigenvalue weighted by Crippen LogP contribution is 2.25. The maximum absolute atomic E-state index is 15.0.